The molecule has 12 heteroatoms. The molecule has 0 fully saturated rings. The number of hydrogen-bond acceptors (Lipinski definition) is 7. The number of halogens is 2. The second-order valence-electron chi connectivity index (χ2n) is 9.14. The second-order valence-corrected chi connectivity index (χ2v) is 10.0. The Kier molecular flexibility index (Phi) is 6.62. The zero-order valence-corrected chi connectivity index (χ0v) is 22.9. The van der Waals surface area contributed by atoms with Gasteiger partial charge in [0.05, 0.1) is 30.1 Å². The fourth-order valence-electron chi connectivity index (χ4n) is 4.78. The topological polar surface area (TPSA) is 107 Å². The molecule has 0 aliphatic carbocycles. The van der Waals surface area contributed by atoms with E-state index in [4.69, 9.17) is 33.0 Å². The van der Waals surface area contributed by atoms with Gasteiger partial charge in [-0.15, -0.1) is 0 Å². The molecule has 4 heterocycles. The van der Waals surface area contributed by atoms with Gasteiger partial charge in [0.25, 0.3) is 11.5 Å². The number of pyridine rings is 1. The van der Waals surface area contributed by atoms with E-state index < -0.39 is 11.9 Å². The molecule has 0 bridgehead atoms. The number of aromatic nitrogens is 5. The summed E-state index contributed by atoms with van der Waals surface area (Å²) >= 11 is 12.5. The molecule has 1 N–H and O–H groups in total. The third-order valence-electron chi connectivity index (χ3n) is 6.42. The number of amides is 1. The van der Waals surface area contributed by atoms with Gasteiger partial charge in [0, 0.05) is 30.9 Å². The van der Waals surface area contributed by atoms with Crippen molar-refractivity contribution in [1.29, 1.82) is 0 Å². The van der Waals surface area contributed by atoms with E-state index in [9.17, 15) is 9.59 Å². The Morgan fingerprint density at radius 3 is 2.42 bits per heavy atom. The Labute approximate surface area is 228 Å². The van der Waals surface area contributed by atoms with Gasteiger partial charge in [-0.05, 0) is 29.7 Å². The number of methoxy groups -OCH3 is 1. The lowest BCUT2D eigenvalue weighted by atomic mass is 9.94. The second kappa shape index (κ2) is 9.77. The SMILES string of the molecule is CNc1ncc(-n2nc3c(c2C(C)C)C(c2ccc(Cl)cc2)N(c2cc(Cl)cn(C)c2=O)C3=O)c(OC)n1. The zero-order valence-electron chi connectivity index (χ0n) is 21.4. The molecule has 10 nitrogen and oxygen atoms in total. The summed E-state index contributed by atoms with van der Waals surface area (Å²) in [6.45, 7) is 4.02. The Hall–Kier alpha value is -3.89. The van der Waals surface area contributed by atoms with Crippen LogP contribution in [0.4, 0.5) is 11.6 Å². The van der Waals surface area contributed by atoms with Crippen LogP contribution in [0.1, 0.15) is 53.1 Å². The number of aryl methyl sites for hydroxylation is 1. The number of fused-ring (bicyclic) bond motifs is 1. The molecule has 0 saturated carbocycles. The summed E-state index contributed by atoms with van der Waals surface area (Å²) in [5.41, 5.74) is 2.70. The quantitative estimate of drug-likeness (QED) is 0.372. The van der Waals surface area contributed by atoms with Gasteiger partial charge in [-0.25, -0.2) is 9.67 Å². The molecular formula is C26H25Cl2N7O3. The minimum absolute atomic E-state index is 0.0790. The number of rotatable bonds is 6. The van der Waals surface area contributed by atoms with Crippen molar-refractivity contribution in [3.8, 4) is 11.6 Å². The fraction of sp³-hybridized carbons (Fsp3) is 0.269. The van der Waals surface area contributed by atoms with E-state index in [1.165, 1.54) is 28.8 Å². The van der Waals surface area contributed by atoms with Crippen LogP contribution in [-0.2, 0) is 7.05 Å². The van der Waals surface area contributed by atoms with Crippen LogP contribution in [0.15, 0.2) is 47.5 Å². The molecule has 0 saturated heterocycles. The van der Waals surface area contributed by atoms with E-state index >= 15 is 0 Å². The largest absolute Gasteiger partial charge is 0.479 e. The number of nitrogens with one attached hydrogen (secondary N) is 1. The predicted octanol–water partition coefficient (Wildman–Crippen LogP) is 4.59. The maximum Gasteiger partial charge on any atom is 0.280 e. The number of benzene rings is 1. The van der Waals surface area contributed by atoms with Gasteiger partial charge in [-0.3, -0.25) is 14.5 Å². The van der Waals surface area contributed by atoms with E-state index in [0.29, 0.717) is 33.1 Å². The highest BCUT2D eigenvalue weighted by Crippen LogP contribution is 2.45. The van der Waals surface area contributed by atoms with E-state index in [2.05, 4.69) is 15.3 Å². The normalized spacial score (nSPS) is 14.8. The molecule has 5 rings (SSSR count). The van der Waals surface area contributed by atoms with Crippen LogP contribution in [0.5, 0.6) is 5.88 Å². The number of hydrogen-bond donors (Lipinski definition) is 1. The lowest BCUT2D eigenvalue weighted by Gasteiger charge is -2.27. The van der Waals surface area contributed by atoms with Crippen LogP contribution < -0.4 is 20.5 Å². The first-order valence-corrected chi connectivity index (χ1v) is 12.6. The Morgan fingerprint density at radius 2 is 1.79 bits per heavy atom. The minimum Gasteiger partial charge on any atom is -0.479 e. The van der Waals surface area contributed by atoms with Crippen LogP contribution in [0.3, 0.4) is 0 Å². The van der Waals surface area contributed by atoms with Crippen molar-refractivity contribution in [3.05, 3.63) is 85.6 Å². The molecule has 1 atom stereocenters. The summed E-state index contributed by atoms with van der Waals surface area (Å²) in [5, 5.41) is 8.52. The number of carbonyl (C=O) groups excluding carboxylic acids is 1. The first-order valence-electron chi connectivity index (χ1n) is 11.8. The molecule has 1 aromatic carbocycles. The van der Waals surface area contributed by atoms with Crippen molar-refractivity contribution < 1.29 is 9.53 Å². The molecule has 1 amide bonds. The van der Waals surface area contributed by atoms with Gasteiger partial charge in [0.1, 0.15) is 11.4 Å². The Morgan fingerprint density at radius 1 is 1.08 bits per heavy atom. The highest BCUT2D eigenvalue weighted by molar-refractivity contribution is 6.31. The smallest absolute Gasteiger partial charge is 0.280 e. The molecule has 1 unspecified atom stereocenters. The fourth-order valence-corrected chi connectivity index (χ4v) is 5.16. The van der Waals surface area contributed by atoms with Crippen molar-refractivity contribution >= 4 is 40.7 Å². The highest BCUT2D eigenvalue weighted by atomic mass is 35.5. The summed E-state index contributed by atoms with van der Waals surface area (Å²) in [5.74, 6) is 0.175. The first-order chi connectivity index (χ1) is 18.2. The van der Waals surface area contributed by atoms with E-state index in [-0.39, 0.29) is 22.9 Å². The van der Waals surface area contributed by atoms with Crippen LogP contribution in [-0.4, -0.2) is 44.4 Å². The molecular weight excluding hydrogens is 529 g/mol. The highest BCUT2D eigenvalue weighted by Gasteiger charge is 2.46. The van der Waals surface area contributed by atoms with E-state index in [1.807, 2.05) is 26.0 Å². The molecule has 1 aliphatic heterocycles. The minimum atomic E-state index is -0.657. The standard InChI is InChI=1S/C26H25Cl2N7O3/c1-13(2)21-19-20(32-35(21)18-11-30-26(29-3)31-23(18)38-5)25(37)34(17-10-16(28)12-33(4)24(17)36)22(19)14-6-8-15(27)9-7-14/h6-13,22H,1-5H3,(H,29,30,31). The summed E-state index contributed by atoms with van der Waals surface area (Å²) in [6, 6.07) is 8.03. The maximum absolute atomic E-state index is 14.1. The number of carbonyl (C=O) groups is 1. The number of ether oxygens (including phenoxy) is 1. The van der Waals surface area contributed by atoms with Gasteiger partial charge in [-0.1, -0.05) is 49.2 Å². The van der Waals surface area contributed by atoms with Gasteiger partial charge < -0.3 is 14.6 Å². The Bertz CT molecular complexity index is 1610. The van der Waals surface area contributed by atoms with Gasteiger partial charge in [-0.2, -0.15) is 10.1 Å². The first kappa shape index (κ1) is 25.7. The monoisotopic (exact) mass is 553 g/mol. The third kappa shape index (κ3) is 4.10. The van der Waals surface area contributed by atoms with E-state index in [1.54, 1.807) is 37.1 Å². The summed E-state index contributed by atoms with van der Waals surface area (Å²) in [4.78, 5) is 37.5. The molecule has 1 aliphatic rings. The average Bonchev–Trinajstić information content (AvgIpc) is 3.41. The van der Waals surface area contributed by atoms with E-state index in [0.717, 1.165) is 11.3 Å². The van der Waals surface area contributed by atoms with Crippen LogP contribution in [0.25, 0.3) is 5.69 Å². The predicted molar refractivity (Wildman–Crippen MR) is 146 cm³/mol. The summed E-state index contributed by atoms with van der Waals surface area (Å²) < 4.78 is 8.55. The molecule has 38 heavy (non-hydrogen) atoms. The maximum atomic E-state index is 14.1. The van der Waals surface area contributed by atoms with Crippen molar-refractivity contribution in [3.63, 3.8) is 0 Å². The van der Waals surface area contributed by atoms with Crippen LogP contribution >= 0.6 is 23.2 Å². The summed E-state index contributed by atoms with van der Waals surface area (Å²) in [6.07, 6.45) is 3.10. The number of anilines is 2. The number of nitrogens with zero attached hydrogens (tertiary/aromatic N) is 6. The molecule has 196 valence electrons. The van der Waals surface area contributed by atoms with Crippen molar-refractivity contribution in [1.82, 2.24) is 24.3 Å². The lowest BCUT2D eigenvalue weighted by molar-refractivity contribution is 0.0988. The lowest BCUT2D eigenvalue weighted by Crippen LogP contribution is -2.35. The van der Waals surface area contributed by atoms with Crippen molar-refractivity contribution in [2.75, 3.05) is 24.4 Å². The van der Waals surface area contributed by atoms with Gasteiger partial charge >= 0.3 is 0 Å². The Balaban J connectivity index is 1.81. The third-order valence-corrected chi connectivity index (χ3v) is 6.87. The molecule has 3 aromatic heterocycles. The molecule has 0 spiro atoms. The molecule has 4 aromatic rings. The average molecular weight is 554 g/mol. The van der Waals surface area contributed by atoms with Crippen LogP contribution in [0.2, 0.25) is 10.0 Å². The van der Waals surface area contributed by atoms with Gasteiger partial charge in [0.2, 0.25) is 11.8 Å². The zero-order chi connectivity index (χ0) is 27.3. The van der Waals surface area contributed by atoms with Crippen molar-refractivity contribution in [2.45, 2.75) is 25.8 Å². The van der Waals surface area contributed by atoms with Gasteiger partial charge in [0.15, 0.2) is 5.69 Å². The van der Waals surface area contributed by atoms with Crippen LogP contribution in [0, 0.1) is 0 Å². The summed E-state index contributed by atoms with van der Waals surface area (Å²) in [7, 11) is 4.81. The van der Waals surface area contributed by atoms with Crippen molar-refractivity contribution in [2.24, 2.45) is 7.05 Å². The molecule has 0 radical (unpaired) electrons.